The highest BCUT2D eigenvalue weighted by Crippen LogP contribution is 2.30. The minimum absolute atomic E-state index is 0.0405. The quantitative estimate of drug-likeness (QED) is 0.763. The summed E-state index contributed by atoms with van der Waals surface area (Å²) in [5, 5.41) is 3.41. The molecule has 0 saturated carbocycles. The second-order valence-corrected chi connectivity index (χ2v) is 4.87. The van der Waals surface area contributed by atoms with Gasteiger partial charge in [0.25, 0.3) is 5.56 Å². The topological polar surface area (TPSA) is 61.0 Å². The van der Waals surface area contributed by atoms with E-state index in [4.69, 9.17) is 0 Å². The van der Waals surface area contributed by atoms with Gasteiger partial charge in [-0.2, -0.15) is 0 Å². The number of aryl methyl sites for hydroxylation is 1. The highest BCUT2D eigenvalue weighted by molar-refractivity contribution is 5.41. The lowest BCUT2D eigenvalue weighted by Gasteiger charge is -2.24. The van der Waals surface area contributed by atoms with Gasteiger partial charge in [-0.05, 0) is 12.3 Å². The summed E-state index contributed by atoms with van der Waals surface area (Å²) in [5.41, 5.74) is -0.0405. The van der Waals surface area contributed by atoms with Crippen LogP contribution < -0.4 is 15.8 Å². The molecule has 2 aliphatic heterocycles. The largest absolute Gasteiger partial charge is 0.352 e. The summed E-state index contributed by atoms with van der Waals surface area (Å²) in [6, 6.07) is 2.15. The number of nitrogens with zero attached hydrogens (tertiary/aromatic N) is 2. The number of fused-ring (bicyclic) bond motifs is 1. The number of rotatable bonds is 2. The van der Waals surface area contributed by atoms with Gasteiger partial charge in [0.05, 0.1) is 0 Å². The molecule has 0 radical (unpaired) electrons. The average Bonchev–Trinajstić information content (AvgIpc) is 2.89. The molecule has 2 saturated heterocycles. The van der Waals surface area contributed by atoms with E-state index in [1.807, 2.05) is 6.92 Å². The highest BCUT2D eigenvalue weighted by Gasteiger charge is 2.38. The fraction of sp³-hybridized carbons (Fsp3) is 0.667. The summed E-state index contributed by atoms with van der Waals surface area (Å²) in [5.74, 6) is 2.35. The van der Waals surface area contributed by atoms with Crippen molar-refractivity contribution in [1.82, 2.24) is 15.3 Å². The highest BCUT2D eigenvalue weighted by atomic mass is 16.1. The smallest absolute Gasteiger partial charge is 0.252 e. The first-order valence-corrected chi connectivity index (χ1v) is 6.35. The Hall–Kier alpha value is -1.36. The molecule has 2 atom stereocenters. The van der Waals surface area contributed by atoms with Gasteiger partial charge in [-0.3, -0.25) is 4.79 Å². The molecule has 92 valence electrons. The third-order valence-electron chi connectivity index (χ3n) is 3.85. The fourth-order valence-corrected chi connectivity index (χ4v) is 2.94. The van der Waals surface area contributed by atoms with E-state index in [9.17, 15) is 4.79 Å². The van der Waals surface area contributed by atoms with Gasteiger partial charge >= 0.3 is 0 Å². The lowest BCUT2D eigenvalue weighted by Crippen LogP contribution is -2.35. The molecular formula is C12H18N4O. The van der Waals surface area contributed by atoms with E-state index in [1.54, 1.807) is 6.07 Å². The van der Waals surface area contributed by atoms with Gasteiger partial charge in [-0.15, -0.1) is 0 Å². The van der Waals surface area contributed by atoms with E-state index in [-0.39, 0.29) is 5.56 Å². The van der Waals surface area contributed by atoms with Crippen molar-refractivity contribution >= 4 is 5.82 Å². The molecule has 5 heteroatoms. The van der Waals surface area contributed by atoms with E-state index in [0.29, 0.717) is 6.04 Å². The first kappa shape index (κ1) is 10.8. The molecule has 3 rings (SSSR count). The standard InChI is InChI=1S/C12H18N4O/c1-2-10-14-11(5-12(17)15-10)16-4-3-8-6-13-7-9(8)16/h5,8-9,13H,2-4,6-7H2,1H3,(H,14,15,17)/t8-,9+/m0/s1. The molecule has 17 heavy (non-hydrogen) atoms. The third-order valence-corrected chi connectivity index (χ3v) is 3.85. The zero-order valence-corrected chi connectivity index (χ0v) is 10.1. The normalized spacial score (nSPS) is 27.5. The summed E-state index contributed by atoms with van der Waals surface area (Å²) in [4.78, 5) is 21.2. The Morgan fingerprint density at radius 3 is 3.24 bits per heavy atom. The minimum Gasteiger partial charge on any atom is -0.352 e. The Labute approximate surface area is 100 Å². The minimum atomic E-state index is -0.0405. The van der Waals surface area contributed by atoms with E-state index in [0.717, 1.165) is 43.6 Å². The van der Waals surface area contributed by atoms with Crippen molar-refractivity contribution in [2.24, 2.45) is 5.92 Å². The number of H-pyrrole nitrogens is 1. The van der Waals surface area contributed by atoms with Crippen LogP contribution in [-0.4, -0.2) is 35.6 Å². The lowest BCUT2D eigenvalue weighted by atomic mass is 10.1. The molecule has 2 fully saturated rings. The molecule has 3 heterocycles. The molecule has 1 aromatic rings. The predicted molar refractivity (Wildman–Crippen MR) is 66.3 cm³/mol. The van der Waals surface area contributed by atoms with Gasteiger partial charge in [0, 0.05) is 38.2 Å². The zero-order valence-electron chi connectivity index (χ0n) is 10.1. The number of aromatic nitrogens is 2. The van der Waals surface area contributed by atoms with Crippen molar-refractivity contribution in [2.75, 3.05) is 24.5 Å². The van der Waals surface area contributed by atoms with E-state index in [2.05, 4.69) is 20.2 Å². The van der Waals surface area contributed by atoms with Crippen LogP contribution in [-0.2, 0) is 6.42 Å². The third kappa shape index (κ3) is 1.84. The number of nitrogens with one attached hydrogen (secondary N) is 2. The number of hydrogen-bond acceptors (Lipinski definition) is 4. The van der Waals surface area contributed by atoms with Crippen LogP contribution in [0.5, 0.6) is 0 Å². The van der Waals surface area contributed by atoms with Crippen LogP contribution in [0.15, 0.2) is 10.9 Å². The van der Waals surface area contributed by atoms with Crippen molar-refractivity contribution in [1.29, 1.82) is 0 Å². The molecular weight excluding hydrogens is 216 g/mol. The van der Waals surface area contributed by atoms with Crippen molar-refractivity contribution in [3.05, 3.63) is 22.2 Å². The molecule has 0 aromatic carbocycles. The van der Waals surface area contributed by atoms with Gasteiger partial charge in [0.1, 0.15) is 11.6 Å². The Morgan fingerprint density at radius 1 is 1.53 bits per heavy atom. The van der Waals surface area contributed by atoms with Gasteiger partial charge < -0.3 is 15.2 Å². The molecule has 2 N–H and O–H groups in total. The first-order chi connectivity index (χ1) is 8.28. The molecule has 1 aromatic heterocycles. The number of aromatic amines is 1. The van der Waals surface area contributed by atoms with Crippen molar-refractivity contribution in [3.63, 3.8) is 0 Å². The number of anilines is 1. The maximum atomic E-state index is 11.6. The second kappa shape index (κ2) is 4.14. The maximum Gasteiger partial charge on any atom is 0.252 e. The Morgan fingerprint density at radius 2 is 2.41 bits per heavy atom. The van der Waals surface area contributed by atoms with Gasteiger partial charge in [0.2, 0.25) is 0 Å². The summed E-state index contributed by atoms with van der Waals surface area (Å²) in [6.45, 7) is 5.15. The van der Waals surface area contributed by atoms with Crippen LogP contribution in [0.3, 0.4) is 0 Å². The second-order valence-electron chi connectivity index (χ2n) is 4.87. The van der Waals surface area contributed by atoms with Gasteiger partial charge in [-0.25, -0.2) is 4.98 Å². The SMILES string of the molecule is CCc1nc(N2CC[C@H]3CNC[C@H]32)cc(=O)[nH]1. The van der Waals surface area contributed by atoms with E-state index >= 15 is 0 Å². The maximum absolute atomic E-state index is 11.6. The molecule has 0 spiro atoms. The van der Waals surface area contributed by atoms with Crippen LogP contribution in [0.1, 0.15) is 19.2 Å². The molecule has 5 nitrogen and oxygen atoms in total. The van der Waals surface area contributed by atoms with E-state index < -0.39 is 0 Å². The Kier molecular flexibility index (Phi) is 2.63. The Bertz CT molecular complexity index is 470. The lowest BCUT2D eigenvalue weighted by molar-refractivity contribution is 0.577. The molecule has 0 amide bonds. The van der Waals surface area contributed by atoms with Crippen LogP contribution in [0, 0.1) is 5.92 Å². The van der Waals surface area contributed by atoms with Crippen LogP contribution in [0.4, 0.5) is 5.82 Å². The van der Waals surface area contributed by atoms with Crippen LogP contribution in [0.2, 0.25) is 0 Å². The van der Waals surface area contributed by atoms with Crippen LogP contribution >= 0.6 is 0 Å². The molecule has 0 unspecified atom stereocenters. The van der Waals surface area contributed by atoms with Crippen LogP contribution in [0.25, 0.3) is 0 Å². The molecule has 2 aliphatic rings. The van der Waals surface area contributed by atoms with Gasteiger partial charge in [0.15, 0.2) is 0 Å². The molecule has 0 bridgehead atoms. The average molecular weight is 234 g/mol. The monoisotopic (exact) mass is 234 g/mol. The Balaban J connectivity index is 1.93. The molecule has 0 aliphatic carbocycles. The summed E-state index contributed by atoms with van der Waals surface area (Å²) in [6.07, 6.45) is 1.97. The predicted octanol–water partition coefficient (Wildman–Crippen LogP) is 0.130. The fourth-order valence-electron chi connectivity index (χ4n) is 2.94. The van der Waals surface area contributed by atoms with Gasteiger partial charge in [-0.1, -0.05) is 6.92 Å². The zero-order chi connectivity index (χ0) is 11.8. The first-order valence-electron chi connectivity index (χ1n) is 6.35. The van der Waals surface area contributed by atoms with Crippen molar-refractivity contribution in [2.45, 2.75) is 25.8 Å². The van der Waals surface area contributed by atoms with Crippen molar-refractivity contribution in [3.8, 4) is 0 Å². The van der Waals surface area contributed by atoms with Crippen molar-refractivity contribution < 1.29 is 0 Å². The summed E-state index contributed by atoms with van der Waals surface area (Å²) >= 11 is 0. The summed E-state index contributed by atoms with van der Waals surface area (Å²) in [7, 11) is 0. The van der Waals surface area contributed by atoms with E-state index in [1.165, 1.54) is 6.42 Å². The number of hydrogen-bond donors (Lipinski definition) is 2. The summed E-state index contributed by atoms with van der Waals surface area (Å²) < 4.78 is 0.